The molecule has 3 aliphatic heterocycles. The number of hydrogen-bond donors (Lipinski definition) is 0. The largest absolute Gasteiger partial charge is 0.486 e. The summed E-state index contributed by atoms with van der Waals surface area (Å²) in [6.45, 7) is 3.44. The third kappa shape index (κ3) is 3.59. The molecule has 6 rings (SSSR count). The second-order valence-corrected chi connectivity index (χ2v) is 8.87. The lowest BCUT2D eigenvalue weighted by atomic mass is 10.1. The normalized spacial score (nSPS) is 20.1. The van der Waals surface area contributed by atoms with Crippen molar-refractivity contribution >= 4 is 28.5 Å². The number of carbonyl (C=O) groups is 2. The number of anilines is 1. The zero-order valence-corrected chi connectivity index (χ0v) is 18.4. The monoisotopic (exact) mass is 446 g/mol. The molecule has 0 spiro atoms. The summed E-state index contributed by atoms with van der Waals surface area (Å²) in [6, 6.07) is 13.5. The maximum Gasteiger partial charge on any atom is 0.242 e. The van der Waals surface area contributed by atoms with Gasteiger partial charge in [-0.25, -0.2) is 4.98 Å². The van der Waals surface area contributed by atoms with E-state index in [9.17, 15) is 9.59 Å². The highest BCUT2D eigenvalue weighted by Gasteiger charge is 2.36. The van der Waals surface area contributed by atoms with Gasteiger partial charge in [0.2, 0.25) is 11.8 Å². The SMILES string of the molecule is O=C(Cn1c(C2CC(=O)N(c3ccc4c(c3)OCCO4)C2)nc2ccccc21)N1CCCC1. The number of benzene rings is 2. The molecule has 2 fully saturated rings. The predicted molar refractivity (Wildman–Crippen MR) is 123 cm³/mol. The molecule has 8 heteroatoms. The number of likely N-dealkylation sites (tertiary alicyclic amines) is 1. The van der Waals surface area contributed by atoms with Gasteiger partial charge in [-0.05, 0) is 37.1 Å². The molecule has 3 aliphatic rings. The molecular formula is C25H26N4O4. The van der Waals surface area contributed by atoms with Crippen molar-refractivity contribution in [3.63, 3.8) is 0 Å². The van der Waals surface area contributed by atoms with Crippen LogP contribution in [0.4, 0.5) is 5.69 Å². The van der Waals surface area contributed by atoms with Gasteiger partial charge in [0.15, 0.2) is 11.5 Å². The Labute approximate surface area is 191 Å². The highest BCUT2D eigenvalue weighted by molar-refractivity contribution is 5.97. The van der Waals surface area contributed by atoms with Crippen LogP contribution >= 0.6 is 0 Å². The molecule has 1 unspecified atom stereocenters. The summed E-state index contributed by atoms with van der Waals surface area (Å²) >= 11 is 0. The molecule has 170 valence electrons. The van der Waals surface area contributed by atoms with Crippen molar-refractivity contribution < 1.29 is 19.1 Å². The van der Waals surface area contributed by atoms with Crippen LogP contribution in [0.2, 0.25) is 0 Å². The van der Waals surface area contributed by atoms with E-state index < -0.39 is 0 Å². The second-order valence-electron chi connectivity index (χ2n) is 8.87. The van der Waals surface area contributed by atoms with Gasteiger partial charge in [0.1, 0.15) is 25.6 Å². The first-order valence-electron chi connectivity index (χ1n) is 11.6. The minimum atomic E-state index is -0.0931. The molecule has 0 N–H and O–H groups in total. The van der Waals surface area contributed by atoms with Crippen molar-refractivity contribution in [1.82, 2.24) is 14.5 Å². The zero-order valence-electron chi connectivity index (χ0n) is 18.4. The van der Waals surface area contributed by atoms with Gasteiger partial charge in [-0.2, -0.15) is 0 Å². The maximum absolute atomic E-state index is 13.0. The van der Waals surface area contributed by atoms with Gasteiger partial charge in [0.25, 0.3) is 0 Å². The average molecular weight is 447 g/mol. The summed E-state index contributed by atoms with van der Waals surface area (Å²) < 4.78 is 13.3. The number of carbonyl (C=O) groups excluding carboxylic acids is 2. The molecule has 0 aliphatic carbocycles. The van der Waals surface area contributed by atoms with E-state index in [2.05, 4.69) is 0 Å². The summed E-state index contributed by atoms with van der Waals surface area (Å²) in [4.78, 5) is 34.6. The fourth-order valence-corrected chi connectivity index (χ4v) is 5.10. The predicted octanol–water partition coefficient (Wildman–Crippen LogP) is 2.95. The number of amides is 2. The third-order valence-electron chi connectivity index (χ3n) is 6.76. The van der Waals surface area contributed by atoms with E-state index in [1.807, 2.05) is 51.9 Å². The molecular weight excluding hydrogens is 420 g/mol. The molecule has 2 amide bonds. The van der Waals surface area contributed by atoms with Crippen LogP contribution in [0.25, 0.3) is 11.0 Å². The molecule has 0 radical (unpaired) electrons. The standard InChI is InChI=1S/C25H26N4O4/c30-23-13-17(15-28(23)18-7-8-21-22(14-18)33-12-11-32-21)25-26-19-5-1-2-6-20(19)29(25)16-24(31)27-9-3-4-10-27/h1-2,5-8,14,17H,3-4,9-13,15-16H2. The molecule has 1 aromatic heterocycles. The number of rotatable bonds is 4. The van der Waals surface area contributed by atoms with Crippen molar-refractivity contribution in [3.8, 4) is 11.5 Å². The Morgan fingerprint density at radius 2 is 1.82 bits per heavy atom. The second kappa shape index (κ2) is 8.10. The van der Waals surface area contributed by atoms with Crippen LogP contribution in [0.5, 0.6) is 11.5 Å². The molecule has 33 heavy (non-hydrogen) atoms. The van der Waals surface area contributed by atoms with E-state index in [0.29, 0.717) is 37.7 Å². The van der Waals surface area contributed by atoms with Crippen LogP contribution in [-0.4, -0.2) is 59.1 Å². The molecule has 2 saturated heterocycles. The Bertz CT molecular complexity index is 1230. The highest BCUT2D eigenvalue weighted by atomic mass is 16.6. The van der Waals surface area contributed by atoms with Gasteiger partial charge in [0, 0.05) is 43.7 Å². The molecule has 1 atom stereocenters. The quantitative estimate of drug-likeness (QED) is 0.616. The van der Waals surface area contributed by atoms with Crippen molar-refractivity contribution in [2.75, 3.05) is 37.7 Å². The number of aromatic nitrogens is 2. The van der Waals surface area contributed by atoms with Crippen molar-refractivity contribution in [2.24, 2.45) is 0 Å². The van der Waals surface area contributed by atoms with Gasteiger partial charge in [-0.15, -0.1) is 0 Å². The molecule has 8 nitrogen and oxygen atoms in total. The Hall–Kier alpha value is -3.55. The lowest BCUT2D eigenvalue weighted by molar-refractivity contribution is -0.130. The number of nitrogens with zero attached hydrogens (tertiary/aromatic N) is 4. The minimum absolute atomic E-state index is 0.0427. The first kappa shape index (κ1) is 20.1. The Morgan fingerprint density at radius 1 is 1.03 bits per heavy atom. The van der Waals surface area contributed by atoms with E-state index in [1.54, 1.807) is 4.90 Å². The molecule has 0 saturated carbocycles. The van der Waals surface area contributed by atoms with Crippen LogP contribution in [-0.2, 0) is 16.1 Å². The molecule has 3 aromatic rings. The minimum Gasteiger partial charge on any atom is -0.486 e. The smallest absolute Gasteiger partial charge is 0.242 e. The number of fused-ring (bicyclic) bond motifs is 2. The first-order chi connectivity index (χ1) is 16.2. The van der Waals surface area contributed by atoms with Gasteiger partial charge in [-0.3, -0.25) is 9.59 Å². The van der Waals surface area contributed by atoms with Crippen molar-refractivity contribution in [1.29, 1.82) is 0 Å². The van der Waals surface area contributed by atoms with E-state index in [-0.39, 0.29) is 24.3 Å². The fraction of sp³-hybridized carbons (Fsp3) is 0.400. The molecule has 0 bridgehead atoms. The van der Waals surface area contributed by atoms with E-state index in [4.69, 9.17) is 14.5 Å². The van der Waals surface area contributed by atoms with E-state index in [0.717, 1.165) is 48.5 Å². The Kier molecular flexibility index (Phi) is 4.93. The van der Waals surface area contributed by atoms with Crippen LogP contribution in [0, 0.1) is 0 Å². The van der Waals surface area contributed by atoms with Crippen LogP contribution in [0.15, 0.2) is 42.5 Å². The first-order valence-corrected chi connectivity index (χ1v) is 11.6. The van der Waals surface area contributed by atoms with Crippen LogP contribution in [0.1, 0.15) is 31.0 Å². The van der Waals surface area contributed by atoms with Gasteiger partial charge < -0.3 is 23.8 Å². The summed E-state index contributed by atoms with van der Waals surface area (Å²) in [5, 5.41) is 0. The average Bonchev–Trinajstić information content (AvgIpc) is 3.58. The lowest BCUT2D eigenvalue weighted by Gasteiger charge is -2.22. The lowest BCUT2D eigenvalue weighted by Crippen LogP contribution is -2.32. The van der Waals surface area contributed by atoms with E-state index in [1.165, 1.54) is 0 Å². The Morgan fingerprint density at radius 3 is 2.67 bits per heavy atom. The third-order valence-corrected chi connectivity index (χ3v) is 6.76. The molecule has 2 aromatic carbocycles. The summed E-state index contributed by atoms with van der Waals surface area (Å²) in [5.41, 5.74) is 2.58. The topological polar surface area (TPSA) is 76.9 Å². The van der Waals surface area contributed by atoms with Gasteiger partial charge >= 0.3 is 0 Å². The zero-order chi connectivity index (χ0) is 22.4. The summed E-state index contributed by atoms with van der Waals surface area (Å²) in [5.74, 6) is 2.24. The summed E-state index contributed by atoms with van der Waals surface area (Å²) in [6.07, 6.45) is 2.48. The number of para-hydroxylation sites is 2. The number of imidazole rings is 1. The highest BCUT2D eigenvalue weighted by Crippen LogP contribution is 2.38. The fourth-order valence-electron chi connectivity index (χ4n) is 5.10. The van der Waals surface area contributed by atoms with Crippen molar-refractivity contribution in [2.45, 2.75) is 31.7 Å². The summed E-state index contributed by atoms with van der Waals surface area (Å²) in [7, 11) is 0. The van der Waals surface area contributed by atoms with Crippen LogP contribution < -0.4 is 14.4 Å². The van der Waals surface area contributed by atoms with E-state index >= 15 is 0 Å². The number of ether oxygens (including phenoxy) is 2. The molecule has 4 heterocycles. The van der Waals surface area contributed by atoms with Crippen molar-refractivity contribution in [3.05, 3.63) is 48.3 Å². The van der Waals surface area contributed by atoms with Gasteiger partial charge in [0.05, 0.1) is 11.0 Å². The number of hydrogen-bond acceptors (Lipinski definition) is 5. The van der Waals surface area contributed by atoms with Gasteiger partial charge in [-0.1, -0.05) is 12.1 Å². The van der Waals surface area contributed by atoms with Crippen LogP contribution in [0.3, 0.4) is 0 Å². The maximum atomic E-state index is 13.0. The Balaban J connectivity index is 1.31.